The Morgan fingerprint density at radius 2 is 1.89 bits per heavy atom. The summed E-state index contributed by atoms with van der Waals surface area (Å²) >= 11 is 1.70. The molecule has 56 valence electrons. The largest absolute Gasteiger partial charge is 0.264 e. The summed E-state index contributed by atoms with van der Waals surface area (Å²) < 4.78 is 3.25. The average Bonchev–Trinajstić information content (AvgIpc) is 1.82. The van der Waals surface area contributed by atoms with E-state index in [0.29, 0.717) is 0 Å². The Morgan fingerprint density at radius 3 is 2.22 bits per heavy atom. The highest BCUT2D eigenvalue weighted by Crippen LogP contribution is 2.08. The first-order valence-corrected chi connectivity index (χ1v) is 4.66. The molecular weight excluding hydrogens is 130 g/mol. The highest BCUT2D eigenvalue weighted by atomic mass is 32.2. The molecule has 0 spiro atoms. The summed E-state index contributed by atoms with van der Waals surface area (Å²) in [6, 6.07) is 0. The van der Waals surface area contributed by atoms with Gasteiger partial charge in [-0.1, -0.05) is 32.7 Å². The van der Waals surface area contributed by atoms with Gasteiger partial charge in [0.05, 0.1) is 0 Å². The SMILES string of the molecule is CSNCC(C)C(C)C. The van der Waals surface area contributed by atoms with E-state index in [2.05, 4.69) is 31.7 Å². The van der Waals surface area contributed by atoms with Crippen molar-refractivity contribution >= 4 is 11.9 Å². The van der Waals surface area contributed by atoms with Gasteiger partial charge < -0.3 is 0 Å². The van der Waals surface area contributed by atoms with E-state index in [1.807, 2.05) is 0 Å². The summed E-state index contributed by atoms with van der Waals surface area (Å²) in [6.45, 7) is 7.91. The summed E-state index contributed by atoms with van der Waals surface area (Å²) in [5, 5.41) is 0. The van der Waals surface area contributed by atoms with Crippen LogP contribution in [0.25, 0.3) is 0 Å². The maximum atomic E-state index is 3.25. The lowest BCUT2D eigenvalue weighted by Gasteiger charge is -2.14. The average molecular weight is 147 g/mol. The maximum Gasteiger partial charge on any atom is 0.00865 e. The highest BCUT2D eigenvalue weighted by Gasteiger charge is 2.04. The normalized spacial score (nSPS) is 14.3. The Morgan fingerprint density at radius 1 is 1.33 bits per heavy atom. The second-order valence-corrected chi connectivity index (χ2v) is 3.47. The zero-order valence-corrected chi connectivity index (χ0v) is 7.59. The maximum absolute atomic E-state index is 3.25. The van der Waals surface area contributed by atoms with Gasteiger partial charge in [0.15, 0.2) is 0 Å². The van der Waals surface area contributed by atoms with Gasteiger partial charge in [-0.25, -0.2) is 0 Å². The Balaban J connectivity index is 3.16. The zero-order valence-electron chi connectivity index (χ0n) is 6.77. The first-order valence-electron chi connectivity index (χ1n) is 3.44. The van der Waals surface area contributed by atoms with Gasteiger partial charge in [-0.2, -0.15) is 0 Å². The van der Waals surface area contributed by atoms with Gasteiger partial charge in [-0.3, -0.25) is 4.72 Å². The molecule has 0 heterocycles. The molecule has 0 aliphatic rings. The van der Waals surface area contributed by atoms with Crippen LogP contribution in [-0.2, 0) is 0 Å². The van der Waals surface area contributed by atoms with Crippen molar-refractivity contribution < 1.29 is 0 Å². The second-order valence-electron chi connectivity index (χ2n) is 2.77. The molecule has 9 heavy (non-hydrogen) atoms. The summed E-state index contributed by atoms with van der Waals surface area (Å²) in [6.07, 6.45) is 2.06. The van der Waals surface area contributed by atoms with Crippen LogP contribution in [0.5, 0.6) is 0 Å². The van der Waals surface area contributed by atoms with Gasteiger partial charge in [0.1, 0.15) is 0 Å². The van der Waals surface area contributed by atoms with E-state index < -0.39 is 0 Å². The van der Waals surface area contributed by atoms with Gasteiger partial charge in [0, 0.05) is 6.54 Å². The van der Waals surface area contributed by atoms with Crippen molar-refractivity contribution in [3.63, 3.8) is 0 Å². The molecule has 0 radical (unpaired) electrons. The van der Waals surface area contributed by atoms with Crippen LogP contribution in [0.1, 0.15) is 20.8 Å². The molecule has 0 rings (SSSR count). The first kappa shape index (κ1) is 9.31. The van der Waals surface area contributed by atoms with Crippen molar-refractivity contribution in [2.24, 2.45) is 11.8 Å². The van der Waals surface area contributed by atoms with Gasteiger partial charge >= 0.3 is 0 Å². The van der Waals surface area contributed by atoms with E-state index in [4.69, 9.17) is 0 Å². The molecule has 0 aromatic heterocycles. The van der Waals surface area contributed by atoms with Crippen molar-refractivity contribution in [2.45, 2.75) is 20.8 Å². The molecule has 1 unspecified atom stereocenters. The quantitative estimate of drug-likeness (QED) is 0.611. The zero-order chi connectivity index (χ0) is 7.28. The minimum absolute atomic E-state index is 0.789. The minimum atomic E-state index is 0.789. The van der Waals surface area contributed by atoms with Crippen LogP contribution < -0.4 is 4.72 Å². The lowest BCUT2D eigenvalue weighted by Crippen LogP contribution is -2.18. The molecule has 0 saturated heterocycles. The first-order chi connectivity index (χ1) is 4.18. The second kappa shape index (κ2) is 5.12. The van der Waals surface area contributed by atoms with Gasteiger partial charge in [0.25, 0.3) is 0 Å². The molecule has 0 aliphatic carbocycles. The summed E-state index contributed by atoms with van der Waals surface area (Å²) in [5.74, 6) is 1.59. The Bertz CT molecular complexity index is 63.9. The van der Waals surface area contributed by atoms with Gasteiger partial charge in [-0.05, 0) is 18.1 Å². The van der Waals surface area contributed by atoms with E-state index in [9.17, 15) is 0 Å². The highest BCUT2D eigenvalue weighted by molar-refractivity contribution is 7.96. The number of hydrogen-bond donors (Lipinski definition) is 1. The van der Waals surface area contributed by atoms with E-state index in [-0.39, 0.29) is 0 Å². The predicted octanol–water partition coefficient (Wildman–Crippen LogP) is 2.15. The Kier molecular flexibility index (Phi) is 5.30. The molecular formula is C7H17NS. The van der Waals surface area contributed by atoms with Crippen molar-refractivity contribution in [1.82, 2.24) is 4.72 Å². The smallest absolute Gasteiger partial charge is 0.00865 e. The monoisotopic (exact) mass is 147 g/mol. The topological polar surface area (TPSA) is 12.0 Å². The van der Waals surface area contributed by atoms with Crippen LogP contribution in [0.4, 0.5) is 0 Å². The van der Waals surface area contributed by atoms with Crippen LogP contribution >= 0.6 is 11.9 Å². The van der Waals surface area contributed by atoms with E-state index in [1.165, 1.54) is 0 Å². The molecule has 1 N–H and O–H groups in total. The van der Waals surface area contributed by atoms with Crippen molar-refractivity contribution in [1.29, 1.82) is 0 Å². The molecule has 0 bridgehead atoms. The van der Waals surface area contributed by atoms with Crippen molar-refractivity contribution in [3.8, 4) is 0 Å². The molecule has 0 amide bonds. The third-order valence-corrected chi connectivity index (χ3v) is 2.14. The fraction of sp³-hybridized carbons (Fsp3) is 1.00. The van der Waals surface area contributed by atoms with Crippen LogP contribution in [0.2, 0.25) is 0 Å². The van der Waals surface area contributed by atoms with Crippen molar-refractivity contribution in [3.05, 3.63) is 0 Å². The van der Waals surface area contributed by atoms with Gasteiger partial charge in [0.2, 0.25) is 0 Å². The summed E-state index contributed by atoms with van der Waals surface area (Å²) in [7, 11) is 0. The standard InChI is InChI=1S/C7H17NS/c1-6(2)7(3)5-8-9-4/h6-8H,5H2,1-4H3. The molecule has 1 atom stereocenters. The number of nitrogens with one attached hydrogen (secondary N) is 1. The predicted molar refractivity (Wildman–Crippen MR) is 45.5 cm³/mol. The third-order valence-electron chi connectivity index (χ3n) is 1.69. The van der Waals surface area contributed by atoms with E-state index in [0.717, 1.165) is 18.4 Å². The Labute approximate surface area is 62.7 Å². The molecule has 0 aromatic carbocycles. The molecule has 1 nitrogen and oxygen atoms in total. The van der Waals surface area contributed by atoms with Crippen LogP contribution in [0.15, 0.2) is 0 Å². The van der Waals surface area contributed by atoms with Crippen LogP contribution in [0.3, 0.4) is 0 Å². The number of hydrogen-bond acceptors (Lipinski definition) is 2. The molecule has 0 aromatic rings. The van der Waals surface area contributed by atoms with Crippen molar-refractivity contribution in [2.75, 3.05) is 12.8 Å². The molecule has 0 saturated carbocycles. The lowest BCUT2D eigenvalue weighted by molar-refractivity contribution is 0.421. The number of rotatable bonds is 4. The van der Waals surface area contributed by atoms with Crippen LogP contribution in [0, 0.1) is 11.8 Å². The van der Waals surface area contributed by atoms with E-state index in [1.54, 1.807) is 11.9 Å². The summed E-state index contributed by atoms with van der Waals surface area (Å²) in [5.41, 5.74) is 0. The van der Waals surface area contributed by atoms with E-state index >= 15 is 0 Å². The summed E-state index contributed by atoms with van der Waals surface area (Å²) in [4.78, 5) is 0. The molecule has 0 aliphatic heterocycles. The van der Waals surface area contributed by atoms with Gasteiger partial charge in [-0.15, -0.1) is 0 Å². The molecule has 0 fully saturated rings. The van der Waals surface area contributed by atoms with Crippen LogP contribution in [-0.4, -0.2) is 12.8 Å². The Hall–Kier alpha value is 0.310. The third kappa shape index (κ3) is 4.79. The minimum Gasteiger partial charge on any atom is -0.264 e. The fourth-order valence-corrected chi connectivity index (χ4v) is 0.880. The lowest BCUT2D eigenvalue weighted by atomic mass is 9.99. The fourth-order valence-electron chi connectivity index (χ4n) is 0.450. The molecule has 2 heteroatoms.